The summed E-state index contributed by atoms with van der Waals surface area (Å²) in [7, 11) is 1.65. The van der Waals surface area contributed by atoms with Crippen molar-refractivity contribution in [3.63, 3.8) is 0 Å². The molecule has 2 N–H and O–H groups in total. The van der Waals surface area contributed by atoms with Gasteiger partial charge in [-0.25, -0.2) is 0 Å². The lowest BCUT2D eigenvalue weighted by molar-refractivity contribution is 0.153. The number of hydrogen-bond acceptors (Lipinski definition) is 4. The quantitative estimate of drug-likeness (QED) is 0.854. The Hall–Kier alpha value is -1.85. The van der Waals surface area contributed by atoms with E-state index in [-0.39, 0.29) is 12.2 Å². The van der Waals surface area contributed by atoms with E-state index in [2.05, 4.69) is 9.88 Å². The van der Waals surface area contributed by atoms with E-state index >= 15 is 0 Å². The fraction of sp³-hybridized carbons (Fsp3) is 0.526. The second kappa shape index (κ2) is 7.81. The number of ether oxygens (including phenoxy) is 1. The molecule has 5 heteroatoms. The van der Waals surface area contributed by atoms with Crippen molar-refractivity contribution in [1.82, 2.24) is 9.88 Å². The highest BCUT2D eigenvalue weighted by atomic mass is 16.5. The zero-order valence-corrected chi connectivity index (χ0v) is 14.3. The van der Waals surface area contributed by atoms with E-state index in [0.717, 1.165) is 54.6 Å². The van der Waals surface area contributed by atoms with Crippen LogP contribution < -0.4 is 10.3 Å². The molecular formula is C19H26N2O3. The molecular weight excluding hydrogens is 304 g/mol. The highest BCUT2D eigenvalue weighted by Gasteiger charge is 2.20. The topological polar surface area (TPSA) is 65.6 Å². The number of methoxy groups -OCH3 is 1. The van der Waals surface area contributed by atoms with E-state index in [1.807, 2.05) is 24.3 Å². The summed E-state index contributed by atoms with van der Waals surface area (Å²) >= 11 is 0. The zero-order valence-electron chi connectivity index (χ0n) is 14.3. The first kappa shape index (κ1) is 17.0. The molecule has 0 saturated carbocycles. The van der Waals surface area contributed by atoms with Crippen LogP contribution in [0.5, 0.6) is 5.75 Å². The van der Waals surface area contributed by atoms with E-state index in [4.69, 9.17) is 9.84 Å². The van der Waals surface area contributed by atoms with Crippen molar-refractivity contribution < 1.29 is 9.84 Å². The molecule has 2 aromatic rings. The number of fused-ring (bicyclic) bond motifs is 1. The number of rotatable bonds is 6. The van der Waals surface area contributed by atoms with E-state index < -0.39 is 0 Å². The Morgan fingerprint density at radius 2 is 2.25 bits per heavy atom. The molecule has 5 nitrogen and oxygen atoms in total. The maximum absolute atomic E-state index is 12.4. The third kappa shape index (κ3) is 3.97. The Morgan fingerprint density at radius 1 is 1.38 bits per heavy atom. The van der Waals surface area contributed by atoms with Gasteiger partial charge in [0.05, 0.1) is 7.11 Å². The average Bonchev–Trinajstić information content (AvgIpc) is 2.60. The van der Waals surface area contributed by atoms with Crippen molar-refractivity contribution in [3.05, 3.63) is 40.2 Å². The second-order valence-corrected chi connectivity index (χ2v) is 6.69. The lowest BCUT2D eigenvalue weighted by atomic mass is 9.93. The molecule has 1 aliphatic heterocycles. The Balaban J connectivity index is 1.76. The molecule has 0 aliphatic carbocycles. The van der Waals surface area contributed by atoms with Crippen LogP contribution in [0, 0.1) is 5.92 Å². The first-order valence-corrected chi connectivity index (χ1v) is 8.73. The fourth-order valence-corrected chi connectivity index (χ4v) is 3.63. The number of H-pyrrole nitrogens is 1. The van der Waals surface area contributed by atoms with Crippen molar-refractivity contribution in [2.75, 3.05) is 26.8 Å². The molecule has 1 fully saturated rings. The van der Waals surface area contributed by atoms with Gasteiger partial charge in [0.2, 0.25) is 0 Å². The predicted molar refractivity (Wildman–Crippen MR) is 95.4 cm³/mol. The van der Waals surface area contributed by atoms with Gasteiger partial charge in [0, 0.05) is 36.2 Å². The molecule has 0 radical (unpaired) electrons. The van der Waals surface area contributed by atoms with Crippen LogP contribution in [0.25, 0.3) is 10.9 Å². The van der Waals surface area contributed by atoms with Crippen LogP contribution >= 0.6 is 0 Å². The summed E-state index contributed by atoms with van der Waals surface area (Å²) in [5.74, 6) is 1.42. The van der Waals surface area contributed by atoms with E-state index in [0.29, 0.717) is 12.5 Å². The van der Waals surface area contributed by atoms with Crippen LogP contribution in [0.2, 0.25) is 0 Å². The van der Waals surface area contributed by atoms with Crippen LogP contribution in [-0.2, 0) is 6.54 Å². The Bertz CT molecular complexity index is 741. The van der Waals surface area contributed by atoms with E-state index in [9.17, 15) is 4.79 Å². The first-order chi connectivity index (χ1) is 11.7. The summed E-state index contributed by atoms with van der Waals surface area (Å²) in [6.45, 7) is 2.99. The van der Waals surface area contributed by atoms with Crippen molar-refractivity contribution in [1.29, 1.82) is 0 Å². The number of benzene rings is 1. The van der Waals surface area contributed by atoms with Gasteiger partial charge in [-0.3, -0.25) is 9.69 Å². The lowest BCUT2D eigenvalue weighted by Crippen LogP contribution is -2.36. The van der Waals surface area contributed by atoms with Gasteiger partial charge in [-0.15, -0.1) is 0 Å². The molecule has 0 bridgehead atoms. The molecule has 1 atom stereocenters. The van der Waals surface area contributed by atoms with Gasteiger partial charge < -0.3 is 14.8 Å². The average molecular weight is 330 g/mol. The number of piperidine rings is 1. The van der Waals surface area contributed by atoms with Crippen molar-refractivity contribution in [2.24, 2.45) is 5.92 Å². The van der Waals surface area contributed by atoms with Crippen LogP contribution in [0.1, 0.15) is 31.2 Å². The van der Waals surface area contributed by atoms with Gasteiger partial charge in [-0.1, -0.05) is 0 Å². The van der Waals surface area contributed by atoms with Gasteiger partial charge in [-0.2, -0.15) is 0 Å². The number of pyridine rings is 1. The molecule has 1 unspecified atom stereocenters. The monoisotopic (exact) mass is 330 g/mol. The third-order valence-electron chi connectivity index (χ3n) is 4.90. The van der Waals surface area contributed by atoms with Gasteiger partial charge >= 0.3 is 0 Å². The molecule has 130 valence electrons. The number of nitrogens with zero attached hydrogens (tertiary/aromatic N) is 1. The standard InChI is InChI=1S/C19H26N2O3/c1-24-17-6-7-18-15(11-17)10-16(19(23)20-18)13-21-8-2-4-14(12-21)5-3-9-22/h6-7,10-11,14,22H,2-5,8-9,12-13H2,1H3,(H,20,23). The molecule has 1 saturated heterocycles. The normalized spacial score (nSPS) is 18.8. The molecule has 1 aliphatic rings. The molecule has 3 rings (SSSR count). The first-order valence-electron chi connectivity index (χ1n) is 8.73. The van der Waals surface area contributed by atoms with Crippen LogP contribution in [-0.4, -0.2) is 41.8 Å². The SMILES string of the molecule is COc1ccc2[nH]c(=O)c(CN3CCCC(CCCO)C3)cc2c1. The van der Waals surface area contributed by atoms with Gasteiger partial charge in [0.15, 0.2) is 0 Å². The van der Waals surface area contributed by atoms with Gasteiger partial charge in [0.25, 0.3) is 5.56 Å². The van der Waals surface area contributed by atoms with E-state index in [1.54, 1.807) is 7.11 Å². The summed E-state index contributed by atoms with van der Waals surface area (Å²) in [4.78, 5) is 17.7. The number of aromatic nitrogens is 1. The van der Waals surface area contributed by atoms with Gasteiger partial charge in [-0.05, 0) is 62.4 Å². The molecule has 1 aromatic heterocycles. The number of hydrogen-bond donors (Lipinski definition) is 2. The fourth-order valence-electron chi connectivity index (χ4n) is 3.63. The Labute approximate surface area is 142 Å². The van der Waals surface area contributed by atoms with Crippen LogP contribution in [0.15, 0.2) is 29.1 Å². The minimum absolute atomic E-state index is 0.00912. The molecule has 24 heavy (non-hydrogen) atoms. The third-order valence-corrected chi connectivity index (χ3v) is 4.90. The number of likely N-dealkylation sites (tertiary alicyclic amines) is 1. The summed E-state index contributed by atoms with van der Waals surface area (Å²) in [6, 6.07) is 7.67. The number of aromatic amines is 1. The van der Waals surface area contributed by atoms with Crippen molar-refractivity contribution >= 4 is 10.9 Å². The molecule has 1 aromatic carbocycles. The zero-order chi connectivity index (χ0) is 16.9. The molecule has 0 amide bonds. The van der Waals surface area contributed by atoms with Crippen LogP contribution in [0.3, 0.4) is 0 Å². The van der Waals surface area contributed by atoms with Crippen molar-refractivity contribution in [2.45, 2.75) is 32.2 Å². The lowest BCUT2D eigenvalue weighted by Gasteiger charge is -2.32. The molecule has 2 heterocycles. The number of aliphatic hydroxyl groups is 1. The predicted octanol–water partition coefficient (Wildman–Crippen LogP) is 2.52. The summed E-state index contributed by atoms with van der Waals surface area (Å²) in [5, 5.41) is 10.0. The second-order valence-electron chi connectivity index (χ2n) is 6.69. The summed E-state index contributed by atoms with van der Waals surface area (Å²) in [5.41, 5.74) is 1.63. The molecule has 0 spiro atoms. The largest absolute Gasteiger partial charge is 0.497 e. The maximum atomic E-state index is 12.4. The van der Waals surface area contributed by atoms with Gasteiger partial charge in [0.1, 0.15) is 5.75 Å². The minimum Gasteiger partial charge on any atom is -0.497 e. The summed E-state index contributed by atoms with van der Waals surface area (Å²) in [6.07, 6.45) is 4.32. The number of nitrogens with one attached hydrogen (secondary N) is 1. The highest BCUT2D eigenvalue weighted by Crippen LogP contribution is 2.23. The van der Waals surface area contributed by atoms with Crippen molar-refractivity contribution in [3.8, 4) is 5.75 Å². The van der Waals surface area contributed by atoms with Crippen LogP contribution in [0.4, 0.5) is 0 Å². The Kier molecular flexibility index (Phi) is 5.53. The minimum atomic E-state index is -0.00912. The smallest absolute Gasteiger partial charge is 0.252 e. The maximum Gasteiger partial charge on any atom is 0.252 e. The Morgan fingerprint density at radius 3 is 3.04 bits per heavy atom. The van der Waals surface area contributed by atoms with E-state index in [1.165, 1.54) is 6.42 Å². The highest BCUT2D eigenvalue weighted by molar-refractivity contribution is 5.80. The summed E-state index contributed by atoms with van der Waals surface area (Å²) < 4.78 is 5.27. The number of aliphatic hydroxyl groups excluding tert-OH is 1.